The van der Waals surface area contributed by atoms with Crippen molar-refractivity contribution in [3.05, 3.63) is 0 Å². The molecule has 0 aromatic heterocycles. The van der Waals surface area contributed by atoms with Crippen LogP contribution in [0.4, 0.5) is 0 Å². The quantitative estimate of drug-likeness (QED) is 0.105. The van der Waals surface area contributed by atoms with Crippen LogP contribution in [-0.4, -0.2) is 82.2 Å². The second-order valence-electron chi connectivity index (χ2n) is 6.50. The highest BCUT2D eigenvalue weighted by Gasteiger charge is 2.29. The maximum Gasteiger partial charge on any atom is 0.328 e. The molecule has 0 aliphatic rings. The molecule has 0 saturated carbocycles. The summed E-state index contributed by atoms with van der Waals surface area (Å²) in [6.45, 7) is -0.880. The molecule has 0 spiro atoms. The van der Waals surface area contributed by atoms with E-state index in [0.717, 1.165) is 0 Å². The highest BCUT2D eigenvalue weighted by Crippen LogP contribution is 2.02. The standard InChI is InChI=1S/C16H28N6O8S/c17-7(1-3-11(18)24)13(26)20-8(2-4-12(19)25)14(27)22-10(6-31)15(28)21-9(5-23)16(29)30/h7-10,23,31H,1-6,17H2,(H2,18,24)(H2,19,25)(H,20,26)(H,21,28)(H,22,27)(H,29,30). The van der Waals surface area contributed by atoms with Crippen molar-refractivity contribution >= 4 is 48.1 Å². The van der Waals surface area contributed by atoms with Crippen LogP contribution >= 0.6 is 12.6 Å². The van der Waals surface area contributed by atoms with E-state index in [1.165, 1.54) is 0 Å². The number of carbonyl (C=O) groups is 6. The van der Waals surface area contributed by atoms with Gasteiger partial charge in [-0.1, -0.05) is 0 Å². The monoisotopic (exact) mass is 464 g/mol. The molecular formula is C16H28N6O8S. The minimum atomic E-state index is -1.60. The van der Waals surface area contributed by atoms with Crippen LogP contribution in [0.3, 0.4) is 0 Å². The molecule has 31 heavy (non-hydrogen) atoms. The summed E-state index contributed by atoms with van der Waals surface area (Å²) in [7, 11) is 0. The van der Waals surface area contributed by atoms with Crippen LogP contribution in [0.2, 0.25) is 0 Å². The molecule has 5 amide bonds. The minimum absolute atomic E-state index is 0.0786. The molecule has 0 rings (SSSR count). The molecule has 0 saturated heterocycles. The molecule has 0 aromatic rings. The topological polar surface area (TPSA) is 257 Å². The Kier molecular flexibility index (Phi) is 12.8. The minimum Gasteiger partial charge on any atom is -0.480 e. The van der Waals surface area contributed by atoms with E-state index >= 15 is 0 Å². The largest absolute Gasteiger partial charge is 0.480 e. The van der Waals surface area contributed by atoms with Crippen LogP contribution < -0.4 is 33.2 Å². The van der Waals surface area contributed by atoms with E-state index in [1.54, 1.807) is 0 Å². The van der Waals surface area contributed by atoms with E-state index < -0.39 is 66.3 Å². The molecule has 0 aliphatic carbocycles. The zero-order valence-electron chi connectivity index (χ0n) is 16.6. The van der Waals surface area contributed by atoms with E-state index in [4.69, 9.17) is 27.4 Å². The summed E-state index contributed by atoms with van der Waals surface area (Å²) in [6.07, 6.45) is -0.738. The average molecular weight is 465 g/mol. The number of hydrogen-bond donors (Lipinski definition) is 9. The summed E-state index contributed by atoms with van der Waals surface area (Å²) in [5.41, 5.74) is 15.7. The number of nitrogens with two attached hydrogens (primary N) is 3. The number of carboxylic acids is 1. The lowest BCUT2D eigenvalue weighted by atomic mass is 10.1. The summed E-state index contributed by atoms with van der Waals surface area (Å²) in [6, 6.07) is -5.40. The Morgan fingerprint density at radius 2 is 1.23 bits per heavy atom. The number of aliphatic hydroxyl groups excluding tert-OH is 1. The number of carboxylic acid groups (broad SMARTS) is 1. The number of carbonyl (C=O) groups excluding carboxylic acids is 5. The van der Waals surface area contributed by atoms with Gasteiger partial charge in [0.1, 0.15) is 18.1 Å². The number of thiol groups is 1. The Labute approximate surface area is 183 Å². The number of rotatable bonds is 15. The predicted molar refractivity (Wildman–Crippen MR) is 109 cm³/mol. The lowest BCUT2D eigenvalue weighted by Crippen LogP contribution is -2.58. The highest BCUT2D eigenvalue weighted by molar-refractivity contribution is 7.80. The summed E-state index contributed by atoms with van der Waals surface area (Å²) < 4.78 is 0. The second kappa shape index (κ2) is 14.2. The first kappa shape index (κ1) is 28.1. The van der Waals surface area contributed by atoms with E-state index in [-0.39, 0.29) is 31.4 Å². The number of primary amides is 2. The summed E-state index contributed by atoms with van der Waals surface area (Å²) in [4.78, 5) is 69.8. The van der Waals surface area contributed by atoms with Crippen LogP contribution in [0, 0.1) is 0 Å². The molecule has 15 heteroatoms. The summed E-state index contributed by atoms with van der Waals surface area (Å²) >= 11 is 3.93. The van der Waals surface area contributed by atoms with Crippen molar-refractivity contribution in [3.8, 4) is 0 Å². The zero-order valence-corrected chi connectivity index (χ0v) is 17.5. The Morgan fingerprint density at radius 3 is 1.68 bits per heavy atom. The molecule has 11 N–H and O–H groups in total. The first-order valence-electron chi connectivity index (χ1n) is 9.10. The fourth-order valence-corrected chi connectivity index (χ4v) is 2.44. The SMILES string of the molecule is NC(=O)CCC(N)C(=O)NC(CCC(N)=O)C(=O)NC(CS)C(=O)NC(CO)C(=O)O. The first-order chi connectivity index (χ1) is 14.4. The van der Waals surface area contributed by atoms with Crippen LogP contribution in [0.5, 0.6) is 0 Å². The van der Waals surface area contributed by atoms with E-state index in [0.29, 0.717) is 0 Å². The van der Waals surface area contributed by atoms with Gasteiger partial charge in [-0.2, -0.15) is 12.6 Å². The molecular weight excluding hydrogens is 436 g/mol. The van der Waals surface area contributed by atoms with Crippen LogP contribution in [-0.2, 0) is 28.8 Å². The number of amides is 5. The highest BCUT2D eigenvalue weighted by atomic mass is 32.1. The van der Waals surface area contributed by atoms with Crippen molar-refractivity contribution in [2.24, 2.45) is 17.2 Å². The Morgan fingerprint density at radius 1 is 0.774 bits per heavy atom. The van der Waals surface area contributed by atoms with Crippen molar-refractivity contribution < 1.29 is 39.0 Å². The van der Waals surface area contributed by atoms with Crippen molar-refractivity contribution in [2.75, 3.05) is 12.4 Å². The third-order valence-corrected chi connectivity index (χ3v) is 4.33. The number of nitrogens with one attached hydrogen (secondary N) is 3. The molecule has 176 valence electrons. The smallest absolute Gasteiger partial charge is 0.328 e. The Bertz CT molecular complexity index is 691. The average Bonchev–Trinajstić information content (AvgIpc) is 2.70. The zero-order chi connectivity index (χ0) is 24.1. The van der Waals surface area contributed by atoms with E-state index in [1.807, 2.05) is 5.32 Å². The van der Waals surface area contributed by atoms with Gasteiger partial charge in [0.15, 0.2) is 0 Å². The summed E-state index contributed by atoms with van der Waals surface area (Å²) in [5, 5.41) is 24.5. The lowest BCUT2D eigenvalue weighted by molar-refractivity contribution is -0.143. The van der Waals surface area contributed by atoms with Gasteiger partial charge < -0.3 is 43.4 Å². The van der Waals surface area contributed by atoms with Crippen LogP contribution in [0.25, 0.3) is 0 Å². The third kappa shape index (κ3) is 11.2. The lowest BCUT2D eigenvalue weighted by Gasteiger charge is -2.24. The van der Waals surface area contributed by atoms with Gasteiger partial charge in [-0.3, -0.25) is 24.0 Å². The second-order valence-corrected chi connectivity index (χ2v) is 6.87. The number of aliphatic carboxylic acids is 1. The molecule has 4 atom stereocenters. The predicted octanol–water partition coefficient (Wildman–Crippen LogP) is -4.69. The molecule has 0 aliphatic heterocycles. The van der Waals surface area contributed by atoms with Gasteiger partial charge in [0.05, 0.1) is 12.6 Å². The fourth-order valence-electron chi connectivity index (χ4n) is 2.19. The van der Waals surface area contributed by atoms with Gasteiger partial charge in [-0.25, -0.2) is 4.79 Å². The van der Waals surface area contributed by atoms with Gasteiger partial charge in [0, 0.05) is 18.6 Å². The maximum absolute atomic E-state index is 12.6. The Balaban J connectivity index is 5.21. The first-order valence-corrected chi connectivity index (χ1v) is 9.73. The van der Waals surface area contributed by atoms with Crippen molar-refractivity contribution in [1.82, 2.24) is 16.0 Å². The van der Waals surface area contributed by atoms with E-state index in [2.05, 4.69) is 23.3 Å². The van der Waals surface area contributed by atoms with Gasteiger partial charge in [0.2, 0.25) is 29.5 Å². The van der Waals surface area contributed by atoms with Gasteiger partial charge in [0.25, 0.3) is 0 Å². The van der Waals surface area contributed by atoms with Gasteiger partial charge in [-0.05, 0) is 12.8 Å². The van der Waals surface area contributed by atoms with Crippen LogP contribution in [0.1, 0.15) is 25.7 Å². The van der Waals surface area contributed by atoms with Crippen molar-refractivity contribution in [3.63, 3.8) is 0 Å². The molecule has 14 nitrogen and oxygen atoms in total. The molecule has 0 aromatic carbocycles. The summed E-state index contributed by atoms with van der Waals surface area (Å²) in [5.74, 6) is -5.79. The van der Waals surface area contributed by atoms with Crippen LogP contribution in [0.15, 0.2) is 0 Å². The van der Waals surface area contributed by atoms with Gasteiger partial charge >= 0.3 is 5.97 Å². The van der Waals surface area contributed by atoms with Crippen molar-refractivity contribution in [1.29, 1.82) is 0 Å². The molecule has 0 radical (unpaired) electrons. The normalized spacial score (nSPS) is 14.4. The molecule has 0 fully saturated rings. The molecule has 0 bridgehead atoms. The fraction of sp³-hybridized carbons (Fsp3) is 0.625. The maximum atomic E-state index is 12.6. The van der Waals surface area contributed by atoms with Crippen molar-refractivity contribution in [2.45, 2.75) is 49.9 Å². The van der Waals surface area contributed by atoms with E-state index in [9.17, 15) is 28.8 Å². The molecule has 0 heterocycles. The number of hydrogen-bond acceptors (Lipinski definition) is 9. The van der Waals surface area contributed by atoms with Gasteiger partial charge in [-0.15, -0.1) is 0 Å². The third-order valence-electron chi connectivity index (χ3n) is 3.96. The molecule has 4 unspecified atom stereocenters. The Hall–Kier alpha value is -2.91. The number of aliphatic hydroxyl groups is 1.